The normalized spacial score (nSPS) is 22.4. The van der Waals surface area contributed by atoms with E-state index in [0.717, 1.165) is 37.4 Å². The number of aryl methyl sites for hydroxylation is 2. The minimum Gasteiger partial charge on any atom is -0.339 e. The zero-order valence-corrected chi connectivity index (χ0v) is 12.1. The predicted octanol–water partition coefficient (Wildman–Crippen LogP) is 2.87. The minimum atomic E-state index is 0.287. The Hall–Kier alpha value is -1.68. The molecule has 0 spiro atoms. The largest absolute Gasteiger partial charge is 0.339 e. The summed E-state index contributed by atoms with van der Waals surface area (Å²) < 4.78 is 5.41. The molecule has 4 nitrogen and oxygen atoms in total. The highest BCUT2D eigenvalue weighted by atomic mass is 16.5. The molecule has 1 aromatic heterocycles. The summed E-state index contributed by atoms with van der Waals surface area (Å²) in [5, 5.41) is 4.11. The first-order chi connectivity index (χ1) is 9.60. The Morgan fingerprint density at radius 3 is 2.60 bits per heavy atom. The van der Waals surface area contributed by atoms with E-state index in [2.05, 4.69) is 42.2 Å². The van der Waals surface area contributed by atoms with Crippen LogP contribution in [0.25, 0.3) is 0 Å². The first-order valence-corrected chi connectivity index (χ1v) is 7.25. The Balaban J connectivity index is 1.73. The molecule has 0 radical (unpaired) electrons. The predicted molar refractivity (Wildman–Crippen MR) is 77.6 cm³/mol. The summed E-state index contributed by atoms with van der Waals surface area (Å²) in [4.78, 5) is 4.55. The number of aromatic nitrogens is 2. The highest BCUT2D eigenvalue weighted by Crippen LogP contribution is 2.32. The van der Waals surface area contributed by atoms with E-state index in [1.165, 1.54) is 16.7 Å². The second kappa shape index (κ2) is 5.37. The smallest absolute Gasteiger partial charge is 0.229 e. The molecule has 2 atom stereocenters. The van der Waals surface area contributed by atoms with Crippen LogP contribution in [-0.4, -0.2) is 16.2 Å². The zero-order chi connectivity index (χ0) is 14.1. The van der Waals surface area contributed by atoms with Gasteiger partial charge in [0.1, 0.15) is 0 Å². The van der Waals surface area contributed by atoms with Crippen molar-refractivity contribution in [1.82, 2.24) is 10.1 Å². The van der Waals surface area contributed by atoms with Crippen molar-refractivity contribution in [3.8, 4) is 0 Å². The summed E-state index contributed by atoms with van der Waals surface area (Å²) in [7, 11) is 0. The molecular formula is C16H21N3O. The van der Waals surface area contributed by atoms with Crippen LogP contribution in [0.4, 0.5) is 0 Å². The monoisotopic (exact) mass is 271 g/mol. The van der Waals surface area contributed by atoms with Crippen LogP contribution < -0.4 is 5.73 Å². The van der Waals surface area contributed by atoms with Crippen molar-refractivity contribution in [3.63, 3.8) is 0 Å². The quantitative estimate of drug-likeness (QED) is 0.932. The van der Waals surface area contributed by atoms with Crippen LogP contribution >= 0.6 is 0 Å². The molecule has 3 rings (SSSR count). The summed E-state index contributed by atoms with van der Waals surface area (Å²) in [5.74, 6) is 1.88. The number of nitrogens with zero attached hydrogens (tertiary/aromatic N) is 2. The number of hydrogen-bond acceptors (Lipinski definition) is 4. The molecule has 0 aliphatic heterocycles. The van der Waals surface area contributed by atoms with E-state index in [9.17, 15) is 0 Å². The molecule has 0 bridgehead atoms. The van der Waals surface area contributed by atoms with Crippen molar-refractivity contribution in [2.45, 2.75) is 51.5 Å². The summed E-state index contributed by atoms with van der Waals surface area (Å²) in [6.45, 7) is 4.22. The third-order valence-electron chi connectivity index (χ3n) is 3.95. The Labute approximate surface area is 119 Å². The first kappa shape index (κ1) is 13.3. The van der Waals surface area contributed by atoms with Gasteiger partial charge >= 0.3 is 0 Å². The molecule has 1 heterocycles. The van der Waals surface area contributed by atoms with Crippen molar-refractivity contribution in [1.29, 1.82) is 0 Å². The van der Waals surface area contributed by atoms with Gasteiger partial charge in [0, 0.05) is 18.4 Å². The third-order valence-corrected chi connectivity index (χ3v) is 3.95. The Bertz CT molecular complexity index is 585. The number of hydrogen-bond donors (Lipinski definition) is 1. The molecule has 106 valence electrons. The van der Waals surface area contributed by atoms with Gasteiger partial charge in [0.15, 0.2) is 5.82 Å². The van der Waals surface area contributed by atoms with Crippen LogP contribution in [0.15, 0.2) is 22.7 Å². The fraction of sp³-hybridized carbons (Fsp3) is 0.500. The molecule has 4 heteroatoms. The van der Waals surface area contributed by atoms with Crippen LogP contribution in [0.3, 0.4) is 0 Å². The Morgan fingerprint density at radius 1 is 1.20 bits per heavy atom. The molecular weight excluding hydrogens is 250 g/mol. The third kappa shape index (κ3) is 2.90. The van der Waals surface area contributed by atoms with Gasteiger partial charge in [0.05, 0.1) is 0 Å². The van der Waals surface area contributed by atoms with Gasteiger partial charge in [0.2, 0.25) is 5.89 Å². The lowest BCUT2D eigenvalue weighted by Crippen LogP contribution is -2.14. The second-order valence-corrected chi connectivity index (χ2v) is 5.99. The SMILES string of the molecule is Cc1cc(C)cc(Cc2noc(C3CCC(N)C3)n2)c1. The number of nitrogens with two attached hydrogens (primary N) is 1. The van der Waals surface area contributed by atoms with Crippen molar-refractivity contribution >= 4 is 0 Å². The van der Waals surface area contributed by atoms with Crippen molar-refractivity contribution in [3.05, 3.63) is 46.6 Å². The molecule has 2 unspecified atom stereocenters. The van der Waals surface area contributed by atoms with E-state index in [1.54, 1.807) is 0 Å². The fourth-order valence-electron chi connectivity index (χ4n) is 3.10. The zero-order valence-electron chi connectivity index (χ0n) is 12.1. The maximum atomic E-state index is 5.94. The summed E-state index contributed by atoms with van der Waals surface area (Å²) in [5.41, 5.74) is 9.71. The maximum absolute atomic E-state index is 5.94. The highest BCUT2D eigenvalue weighted by Gasteiger charge is 2.27. The van der Waals surface area contributed by atoms with Gasteiger partial charge in [-0.15, -0.1) is 0 Å². The Kier molecular flexibility index (Phi) is 3.57. The number of rotatable bonds is 3. The molecule has 2 aromatic rings. The van der Waals surface area contributed by atoms with E-state index < -0.39 is 0 Å². The molecule has 1 fully saturated rings. The average molecular weight is 271 g/mol. The highest BCUT2D eigenvalue weighted by molar-refractivity contribution is 5.30. The van der Waals surface area contributed by atoms with E-state index >= 15 is 0 Å². The summed E-state index contributed by atoms with van der Waals surface area (Å²) in [6, 6.07) is 6.81. The molecule has 1 aliphatic carbocycles. The molecule has 1 aromatic carbocycles. The lowest BCUT2D eigenvalue weighted by Gasteiger charge is -2.02. The van der Waals surface area contributed by atoms with Crippen LogP contribution in [0.5, 0.6) is 0 Å². The summed E-state index contributed by atoms with van der Waals surface area (Å²) >= 11 is 0. The second-order valence-electron chi connectivity index (χ2n) is 5.99. The first-order valence-electron chi connectivity index (χ1n) is 7.25. The fourth-order valence-corrected chi connectivity index (χ4v) is 3.10. The van der Waals surface area contributed by atoms with E-state index in [0.29, 0.717) is 5.92 Å². The molecule has 2 N–H and O–H groups in total. The lowest BCUT2D eigenvalue weighted by atomic mass is 10.0. The standard InChI is InChI=1S/C16H21N3O/c1-10-5-11(2)7-12(6-10)8-15-18-16(20-19-15)13-3-4-14(17)9-13/h5-7,13-14H,3-4,8-9,17H2,1-2H3. The van der Waals surface area contributed by atoms with Gasteiger partial charge in [-0.1, -0.05) is 34.5 Å². The van der Waals surface area contributed by atoms with Crippen LogP contribution in [-0.2, 0) is 6.42 Å². The van der Waals surface area contributed by atoms with Crippen LogP contribution in [0.1, 0.15) is 53.6 Å². The van der Waals surface area contributed by atoms with Gasteiger partial charge in [-0.3, -0.25) is 0 Å². The van der Waals surface area contributed by atoms with Crippen molar-refractivity contribution in [2.24, 2.45) is 5.73 Å². The van der Waals surface area contributed by atoms with Crippen LogP contribution in [0.2, 0.25) is 0 Å². The van der Waals surface area contributed by atoms with E-state index in [-0.39, 0.29) is 6.04 Å². The van der Waals surface area contributed by atoms with Gasteiger partial charge < -0.3 is 10.3 Å². The Morgan fingerprint density at radius 2 is 1.95 bits per heavy atom. The molecule has 0 saturated heterocycles. The number of benzene rings is 1. The van der Waals surface area contributed by atoms with E-state index in [4.69, 9.17) is 10.3 Å². The van der Waals surface area contributed by atoms with Gasteiger partial charge in [0.25, 0.3) is 0 Å². The minimum absolute atomic E-state index is 0.287. The van der Waals surface area contributed by atoms with Crippen LogP contribution in [0, 0.1) is 13.8 Å². The maximum Gasteiger partial charge on any atom is 0.229 e. The molecule has 1 saturated carbocycles. The van der Waals surface area contributed by atoms with Gasteiger partial charge in [-0.05, 0) is 38.7 Å². The average Bonchev–Trinajstić information content (AvgIpc) is 2.96. The lowest BCUT2D eigenvalue weighted by molar-refractivity contribution is 0.350. The van der Waals surface area contributed by atoms with Crippen molar-refractivity contribution < 1.29 is 4.52 Å². The molecule has 0 amide bonds. The van der Waals surface area contributed by atoms with Gasteiger partial charge in [-0.2, -0.15) is 4.98 Å². The molecule has 1 aliphatic rings. The summed E-state index contributed by atoms with van der Waals surface area (Å²) in [6.07, 6.45) is 3.81. The molecule has 20 heavy (non-hydrogen) atoms. The van der Waals surface area contributed by atoms with Gasteiger partial charge in [-0.25, -0.2) is 0 Å². The topological polar surface area (TPSA) is 64.9 Å². The van der Waals surface area contributed by atoms with Crippen molar-refractivity contribution in [2.75, 3.05) is 0 Å². The van der Waals surface area contributed by atoms with E-state index in [1.807, 2.05) is 0 Å².